The predicted molar refractivity (Wildman–Crippen MR) is 127 cm³/mol. The fraction of sp³-hybridized carbons (Fsp3) is 0.423. The van der Waals surface area contributed by atoms with Gasteiger partial charge in [0, 0.05) is 51.8 Å². The molecule has 2 aliphatic rings. The molecule has 2 aromatic carbocycles. The average molecular weight is 466 g/mol. The van der Waals surface area contributed by atoms with Crippen LogP contribution in [-0.2, 0) is 16.1 Å². The Kier molecular flexibility index (Phi) is 7.05. The number of hydrogen-bond donors (Lipinski definition) is 0. The third kappa shape index (κ3) is 5.00. The highest BCUT2D eigenvalue weighted by Gasteiger charge is 2.37. The van der Waals surface area contributed by atoms with Crippen LogP contribution in [0, 0.1) is 12.8 Å². The minimum absolute atomic E-state index is 0.00566. The molecule has 3 amide bonds. The van der Waals surface area contributed by atoms with E-state index in [1.807, 2.05) is 31.2 Å². The van der Waals surface area contributed by atoms with Gasteiger partial charge in [-0.3, -0.25) is 14.4 Å². The van der Waals surface area contributed by atoms with E-state index in [0.29, 0.717) is 56.3 Å². The first-order valence-electron chi connectivity index (χ1n) is 11.5. The highest BCUT2D eigenvalue weighted by atomic mass is 16.5. The number of aryl methyl sites for hydroxylation is 1. The Balaban J connectivity index is 1.32. The predicted octanol–water partition coefficient (Wildman–Crippen LogP) is 2.35. The van der Waals surface area contributed by atoms with Crippen molar-refractivity contribution >= 4 is 17.7 Å². The maximum atomic E-state index is 13.1. The molecule has 1 unspecified atom stereocenters. The van der Waals surface area contributed by atoms with E-state index in [-0.39, 0.29) is 30.1 Å². The molecule has 0 spiro atoms. The Labute approximate surface area is 200 Å². The first kappa shape index (κ1) is 23.6. The van der Waals surface area contributed by atoms with Crippen molar-refractivity contribution in [1.29, 1.82) is 0 Å². The van der Waals surface area contributed by atoms with Gasteiger partial charge in [0.15, 0.2) is 0 Å². The highest BCUT2D eigenvalue weighted by molar-refractivity contribution is 5.97. The van der Waals surface area contributed by atoms with Crippen molar-refractivity contribution in [2.24, 2.45) is 5.92 Å². The standard InChI is InChI=1S/C26H31N3O5/c1-18-4-6-19(7-5-18)16-29-17-20(14-24(29)30)25(31)27-10-12-28(13-11-27)26(32)22-9-8-21(33-2)15-23(22)34-3/h4-9,15,20H,10-14,16-17H2,1-3H3. The summed E-state index contributed by atoms with van der Waals surface area (Å²) < 4.78 is 10.6. The van der Waals surface area contributed by atoms with E-state index in [2.05, 4.69) is 0 Å². The lowest BCUT2D eigenvalue weighted by molar-refractivity contribution is -0.137. The van der Waals surface area contributed by atoms with Crippen molar-refractivity contribution in [3.63, 3.8) is 0 Å². The largest absolute Gasteiger partial charge is 0.497 e. The van der Waals surface area contributed by atoms with Gasteiger partial charge in [-0.1, -0.05) is 29.8 Å². The number of carbonyl (C=O) groups is 3. The second-order valence-electron chi connectivity index (χ2n) is 8.84. The molecule has 34 heavy (non-hydrogen) atoms. The van der Waals surface area contributed by atoms with Crippen LogP contribution in [0.5, 0.6) is 11.5 Å². The molecule has 0 aliphatic carbocycles. The molecule has 0 bridgehead atoms. The fourth-order valence-electron chi connectivity index (χ4n) is 4.54. The first-order valence-corrected chi connectivity index (χ1v) is 11.5. The zero-order valence-electron chi connectivity index (χ0n) is 20.0. The summed E-state index contributed by atoms with van der Waals surface area (Å²) in [7, 11) is 3.08. The maximum absolute atomic E-state index is 13.1. The average Bonchev–Trinajstić information content (AvgIpc) is 3.24. The quantitative estimate of drug-likeness (QED) is 0.654. The summed E-state index contributed by atoms with van der Waals surface area (Å²) >= 11 is 0. The maximum Gasteiger partial charge on any atom is 0.257 e. The van der Waals surface area contributed by atoms with Crippen LogP contribution in [0.15, 0.2) is 42.5 Å². The Bertz CT molecular complexity index is 1060. The molecule has 8 nitrogen and oxygen atoms in total. The van der Waals surface area contributed by atoms with E-state index in [4.69, 9.17) is 9.47 Å². The third-order valence-electron chi connectivity index (χ3n) is 6.58. The van der Waals surface area contributed by atoms with E-state index in [9.17, 15) is 14.4 Å². The summed E-state index contributed by atoms with van der Waals surface area (Å²) in [5.41, 5.74) is 2.71. The lowest BCUT2D eigenvalue weighted by Gasteiger charge is -2.36. The molecule has 2 aliphatic heterocycles. The van der Waals surface area contributed by atoms with Crippen LogP contribution in [0.1, 0.15) is 27.9 Å². The van der Waals surface area contributed by atoms with Gasteiger partial charge in [0.1, 0.15) is 11.5 Å². The number of methoxy groups -OCH3 is 2. The minimum atomic E-state index is -0.332. The molecule has 0 radical (unpaired) electrons. The summed E-state index contributed by atoms with van der Waals surface area (Å²) in [6, 6.07) is 13.2. The molecule has 2 saturated heterocycles. The van der Waals surface area contributed by atoms with Gasteiger partial charge in [-0.05, 0) is 24.6 Å². The number of ether oxygens (including phenoxy) is 2. The van der Waals surface area contributed by atoms with Gasteiger partial charge < -0.3 is 24.2 Å². The second kappa shape index (κ2) is 10.2. The second-order valence-corrected chi connectivity index (χ2v) is 8.84. The van der Waals surface area contributed by atoms with Crippen LogP contribution < -0.4 is 9.47 Å². The van der Waals surface area contributed by atoms with E-state index in [1.165, 1.54) is 12.7 Å². The smallest absolute Gasteiger partial charge is 0.257 e. The van der Waals surface area contributed by atoms with Crippen molar-refractivity contribution in [2.45, 2.75) is 19.9 Å². The van der Waals surface area contributed by atoms with E-state index in [0.717, 1.165) is 5.56 Å². The molecule has 2 heterocycles. The van der Waals surface area contributed by atoms with Crippen LogP contribution in [0.3, 0.4) is 0 Å². The summed E-state index contributed by atoms with van der Waals surface area (Å²) in [5, 5.41) is 0. The first-order chi connectivity index (χ1) is 16.4. The van der Waals surface area contributed by atoms with E-state index >= 15 is 0 Å². The van der Waals surface area contributed by atoms with Crippen molar-refractivity contribution in [2.75, 3.05) is 46.9 Å². The van der Waals surface area contributed by atoms with Gasteiger partial charge in [0.05, 0.1) is 25.7 Å². The molecule has 0 aromatic heterocycles. The summed E-state index contributed by atoms with van der Waals surface area (Å²) in [6.07, 6.45) is 0.243. The van der Waals surface area contributed by atoms with E-state index in [1.54, 1.807) is 40.0 Å². The lowest BCUT2D eigenvalue weighted by atomic mass is 10.1. The molecule has 2 fully saturated rings. The molecule has 1 atom stereocenters. The van der Waals surface area contributed by atoms with Crippen LogP contribution in [0.4, 0.5) is 0 Å². The zero-order chi connectivity index (χ0) is 24.2. The van der Waals surface area contributed by atoms with Crippen molar-refractivity contribution < 1.29 is 23.9 Å². The number of piperazine rings is 1. The van der Waals surface area contributed by atoms with Crippen molar-refractivity contribution in [3.8, 4) is 11.5 Å². The fourth-order valence-corrected chi connectivity index (χ4v) is 4.54. The minimum Gasteiger partial charge on any atom is -0.497 e. The SMILES string of the molecule is COc1ccc(C(=O)N2CCN(C(=O)C3CC(=O)N(Cc4ccc(C)cc4)C3)CC2)c(OC)c1. The molecule has 0 saturated carbocycles. The molecule has 8 heteroatoms. The van der Waals surface area contributed by atoms with Gasteiger partial charge in [-0.2, -0.15) is 0 Å². The molecular formula is C26H31N3O5. The van der Waals surface area contributed by atoms with Gasteiger partial charge in [-0.25, -0.2) is 0 Å². The van der Waals surface area contributed by atoms with Crippen LogP contribution in [-0.4, -0.2) is 79.4 Å². The molecule has 4 rings (SSSR count). The number of hydrogen-bond acceptors (Lipinski definition) is 5. The molecule has 180 valence electrons. The monoisotopic (exact) mass is 465 g/mol. The van der Waals surface area contributed by atoms with Crippen LogP contribution in [0.25, 0.3) is 0 Å². The lowest BCUT2D eigenvalue weighted by Crippen LogP contribution is -2.52. The van der Waals surface area contributed by atoms with Crippen LogP contribution in [0.2, 0.25) is 0 Å². The van der Waals surface area contributed by atoms with Crippen molar-refractivity contribution in [1.82, 2.24) is 14.7 Å². The number of amides is 3. The van der Waals surface area contributed by atoms with Gasteiger partial charge in [-0.15, -0.1) is 0 Å². The Morgan fingerprint density at radius 3 is 2.26 bits per heavy atom. The zero-order valence-corrected chi connectivity index (χ0v) is 20.0. The Morgan fingerprint density at radius 2 is 1.62 bits per heavy atom. The summed E-state index contributed by atoms with van der Waals surface area (Å²) in [4.78, 5) is 44.0. The highest BCUT2D eigenvalue weighted by Crippen LogP contribution is 2.27. The number of benzene rings is 2. The number of rotatable bonds is 6. The van der Waals surface area contributed by atoms with Crippen molar-refractivity contribution in [3.05, 3.63) is 59.2 Å². The van der Waals surface area contributed by atoms with Gasteiger partial charge >= 0.3 is 0 Å². The third-order valence-corrected chi connectivity index (χ3v) is 6.58. The molecule has 0 N–H and O–H groups in total. The van der Waals surface area contributed by atoms with Gasteiger partial charge in [0.2, 0.25) is 11.8 Å². The molecular weight excluding hydrogens is 434 g/mol. The number of carbonyl (C=O) groups excluding carboxylic acids is 3. The number of nitrogens with zero attached hydrogens (tertiary/aromatic N) is 3. The summed E-state index contributed by atoms with van der Waals surface area (Å²) in [6.45, 7) is 4.77. The Morgan fingerprint density at radius 1 is 0.941 bits per heavy atom. The Hall–Kier alpha value is -3.55. The molecule has 2 aromatic rings. The summed E-state index contributed by atoms with van der Waals surface area (Å²) in [5.74, 6) is 0.620. The van der Waals surface area contributed by atoms with Gasteiger partial charge in [0.25, 0.3) is 5.91 Å². The normalized spacial score (nSPS) is 18.3. The topological polar surface area (TPSA) is 79.4 Å². The van der Waals surface area contributed by atoms with Crippen LogP contribution >= 0.6 is 0 Å². The van der Waals surface area contributed by atoms with E-state index < -0.39 is 0 Å². The number of likely N-dealkylation sites (tertiary alicyclic amines) is 1.